The fourth-order valence-electron chi connectivity index (χ4n) is 3.39. The molecule has 1 aliphatic heterocycles. The molecule has 2 unspecified atom stereocenters. The molecule has 1 aliphatic rings. The molecule has 0 radical (unpaired) electrons. The summed E-state index contributed by atoms with van der Waals surface area (Å²) in [5.74, 6) is -0.568. The molecule has 160 valence electrons. The van der Waals surface area contributed by atoms with Gasteiger partial charge in [0.2, 0.25) is 0 Å². The summed E-state index contributed by atoms with van der Waals surface area (Å²) in [4.78, 5) is 15.1. The minimum atomic E-state index is -1.05. The van der Waals surface area contributed by atoms with Crippen molar-refractivity contribution in [1.29, 1.82) is 0 Å². The third kappa shape index (κ3) is 4.31. The van der Waals surface area contributed by atoms with Gasteiger partial charge >= 0.3 is 5.97 Å². The lowest BCUT2D eigenvalue weighted by Crippen LogP contribution is -2.31. The van der Waals surface area contributed by atoms with Crippen LogP contribution in [0.15, 0.2) is 55.0 Å². The number of imidazole rings is 1. The Hall–Kier alpha value is -3.98. The Morgan fingerprint density at radius 2 is 1.97 bits per heavy atom. The highest BCUT2D eigenvalue weighted by Gasteiger charge is 2.35. The van der Waals surface area contributed by atoms with E-state index in [-0.39, 0.29) is 11.5 Å². The van der Waals surface area contributed by atoms with Crippen LogP contribution in [0.1, 0.15) is 22.9 Å². The SMILES string of the molecule is NCCc1cn(C(c2ccc(O)c(O)c2)C2Oc3ccc(/C=C/C(=O)O)cc3O2)cn1. The van der Waals surface area contributed by atoms with Crippen LogP contribution in [0.3, 0.4) is 0 Å². The molecular formula is C22H21N3O6. The van der Waals surface area contributed by atoms with Gasteiger partial charge < -0.3 is 35.1 Å². The van der Waals surface area contributed by atoms with Gasteiger partial charge in [0.15, 0.2) is 23.0 Å². The average molecular weight is 423 g/mol. The molecule has 2 atom stereocenters. The number of aliphatic carboxylic acids is 1. The number of carboxylic acid groups (broad SMARTS) is 1. The number of aromatic nitrogens is 2. The van der Waals surface area contributed by atoms with Crippen LogP contribution in [0.2, 0.25) is 0 Å². The van der Waals surface area contributed by atoms with Crippen molar-refractivity contribution in [1.82, 2.24) is 9.55 Å². The minimum absolute atomic E-state index is 0.233. The predicted molar refractivity (Wildman–Crippen MR) is 111 cm³/mol. The average Bonchev–Trinajstić information content (AvgIpc) is 3.36. The number of benzene rings is 2. The highest BCUT2D eigenvalue weighted by Crippen LogP contribution is 2.41. The Bertz CT molecular complexity index is 1140. The largest absolute Gasteiger partial charge is 0.504 e. The molecule has 0 fully saturated rings. The highest BCUT2D eigenvalue weighted by atomic mass is 16.7. The van der Waals surface area contributed by atoms with Crippen LogP contribution in [-0.4, -0.2) is 43.7 Å². The van der Waals surface area contributed by atoms with Gasteiger partial charge in [-0.15, -0.1) is 0 Å². The third-order valence-corrected chi connectivity index (χ3v) is 4.85. The fourth-order valence-corrected chi connectivity index (χ4v) is 3.39. The van der Waals surface area contributed by atoms with Gasteiger partial charge in [-0.05, 0) is 48.0 Å². The first-order valence-electron chi connectivity index (χ1n) is 9.57. The summed E-state index contributed by atoms with van der Waals surface area (Å²) >= 11 is 0. The first-order valence-corrected chi connectivity index (χ1v) is 9.57. The summed E-state index contributed by atoms with van der Waals surface area (Å²) in [6.45, 7) is 0.455. The monoisotopic (exact) mass is 423 g/mol. The van der Waals surface area contributed by atoms with Crippen LogP contribution in [0.5, 0.6) is 23.0 Å². The van der Waals surface area contributed by atoms with E-state index in [9.17, 15) is 15.0 Å². The second kappa shape index (κ2) is 8.41. The summed E-state index contributed by atoms with van der Waals surface area (Å²) < 4.78 is 13.9. The van der Waals surface area contributed by atoms with Crippen LogP contribution >= 0.6 is 0 Å². The van der Waals surface area contributed by atoms with Gasteiger partial charge in [-0.2, -0.15) is 0 Å². The van der Waals surface area contributed by atoms with Gasteiger partial charge in [-0.25, -0.2) is 9.78 Å². The van der Waals surface area contributed by atoms with Crippen molar-refractivity contribution < 1.29 is 29.6 Å². The molecule has 3 aromatic rings. The standard InChI is InChI=1S/C22H21N3O6/c23-8-7-15-11-25(12-24-15)21(14-3-4-16(26)17(27)10-14)22-30-18-5-1-13(2-6-20(28)29)9-19(18)31-22/h1-6,9-12,21-22,26-27H,7-8,23H2,(H,28,29)/b6-2+. The third-order valence-electron chi connectivity index (χ3n) is 4.85. The number of fused-ring (bicyclic) bond motifs is 1. The van der Waals surface area contributed by atoms with Crippen molar-refractivity contribution in [2.24, 2.45) is 5.73 Å². The second-order valence-corrected chi connectivity index (χ2v) is 7.03. The van der Waals surface area contributed by atoms with Gasteiger partial charge in [0.25, 0.3) is 6.29 Å². The number of rotatable bonds is 7. The maximum absolute atomic E-state index is 10.8. The van der Waals surface area contributed by atoms with Crippen LogP contribution in [0.25, 0.3) is 6.08 Å². The Kier molecular flexibility index (Phi) is 5.50. The molecule has 0 bridgehead atoms. The van der Waals surface area contributed by atoms with E-state index >= 15 is 0 Å². The Labute approximate surface area is 177 Å². The van der Waals surface area contributed by atoms with Crippen molar-refractivity contribution in [2.45, 2.75) is 18.8 Å². The molecular weight excluding hydrogens is 402 g/mol. The molecule has 0 saturated heterocycles. The number of hydrogen-bond acceptors (Lipinski definition) is 7. The quantitative estimate of drug-likeness (QED) is 0.335. The zero-order valence-electron chi connectivity index (χ0n) is 16.4. The molecule has 9 heteroatoms. The summed E-state index contributed by atoms with van der Waals surface area (Å²) in [5.41, 5.74) is 7.71. The number of nitrogens with two attached hydrogens (primary N) is 1. The Morgan fingerprint density at radius 1 is 1.16 bits per heavy atom. The number of carbonyl (C=O) groups is 1. The summed E-state index contributed by atoms with van der Waals surface area (Å²) in [6.07, 6.45) is 5.78. The van der Waals surface area contributed by atoms with Gasteiger partial charge in [-0.3, -0.25) is 0 Å². The number of aromatic hydroxyl groups is 2. The van der Waals surface area contributed by atoms with Gasteiger partial charge in [0, 0.05) is 18.7 Å². The van der Waals surface area contributed by atoms with Crippen molar-refractivity contribution >= 4 is 12.0 Å². The molecule has 1 aromatic heterocycles. The van der Waals surface area contributed by atoms with E-state index in [0.29, 0.717) is 35.6 Å². The minimum Gasteiger partial charge on any atom is -0.504 e. The molecule has 0 saturated carbocycles. The summed E-state index contributed by atoms with van der Waals surface area (Å²) in [5, 5.41) is 28.5. The lowest BCUT2D eigenvalue weighted by atomic mass is 10.1. The van der Waals surface area contributed by atoms with E-state index in [4.69, 9.17) is 20.3 Å². The number of nitrogens with zero attached hydrogens (tertiary/aromatic N) is 2. The van der Waals surface area contributed by atoms with Gasteiger partial charge in [0.1, 0.15) is 6.04 Å². The first-order chi connectivity index (χ1) is 14.9. The van der Waals surface area contributed by atoms with E-state index in [2.05, 4.69) is 4.98 Å². The van der Waals surface area contributed by atoms with E-state index in [1.165, 1.54) is 18.2 Å². The molecule has 4 rings (SSSR count). The summed E-state index contributed by atoms with van der Waals surface area (Å²) in [7, 11) is 0. The number of carboxylic acids is 1. The zero-order chi connectivity index (χ0) is 22.0. The summed E-state index contributed by atoms with van der Waals surface area (Å²) in [6, 6.07) is 9.09. The van der Waals surface area contributed by atoms with E-state index < -0.39 is 18.3 Å². The van der Waals surface area contributed by atoms with Crippen molar-refractivity contribution in [3.05, 3.63) is 71.8 Å². The van der Waals surface area contributed by atoms with E-state index in [1.807, 2.05) is 6.20 Å². The molecule has 0 amide bonds. The molecule has 0 aliphatic carbocycles. The maximum atomic E-state index is 10.8. The zero-order valence-corrected chi connectivity index (χ0v) is 16.4. The molecule has 0 spiro atoms. The van der Waals surface area contributed by atoms with Gasteiger partial charge in [0.05, 0.1) is 12.0 Å². The van der Waals surface area contributed by atoms with Crippen LogP contribution < -0.4 is 15.2 Å². The Morgan fingerprint density at radius 3 is 2.71 bits per heavy atom. The number of ether oxygens (including phenoxy) is 2. The normalized spacial score (nSPS) is 16.0. The molecule has 31 heavy (non-hydrogen) atoms. The Balaban J connectivity index is 1.67. The lowest BCUT2D eigenvalue weighted by molar-refractivity contribution is -0.131. The topological polar surface area (TPSA) is 140 Å². The second-order valence-electron chi connectivity index (χ2n) is 7.03. The maximum Gasteiger partial charge on any atom is 0.328 e. The molecule has 2 heterocycles. The van der Waals surface area contributed by atoms with Crippen molar-refractivity contribution in [3.8, 4) is 23.0 Å². The number of phenolic OH excluding ortho intramolecular Hbond substituents is 2. The van der Waals surface area contributed by atoms with E-state index in [0.717, 1.165) is 11.8 Å². The molecule has 2 aromatic carbocycles. The van der Waals surface area contributed by atoms with Crippen molar-refractivity contribution in [3.63, 3.8) is 0 Å². The number of phenols is 2. The van der Waals surface area contributed by atoms with Crippen molar-refractivity contribution in [2.75, 3.05) is 6.54 Å². The molecule has 9 nitrogen and oxygen atoms in total. The van der Waals surface area contributed by atoms with Crippen LogP contribution in [0, 0.1) is 0 Å². The lowest BCUT2D eigenvalue weighted by Gasteiger charge is -2.24. The number of hydrogen-bond donors (Lipinski definition) is 4. The smallest absolute Gasteiger partial charge is 0.328 e. The first kappa shape index (κ1) is 20.3. The van der Waals surface area contributed by atoms with Crippen LogP contribution in [0.4, 0.5) is 0 Å². The fraction of sp³-hybridized carbons (Fsp3) is 0.182. The molecule has 5 N–H and O–H groups in total. The highest BCUT2D eigenvalue weighted by molar-refractivity contribution is 5.85. The van der Waals surface area contributed by atoms with Crippen LogP contribution in [-0.2, 0) is 11.2 Å². The van der Waals surface area contributed by atoms with Gasteiger partial charge in [-0.1, -0.05) is 12.1 Å². The van der Waals surface area contributed by atoms with E-state index in [1.54, 1.807) is 35.2 Å². The predicted octanol–water partition coefficient (Wildman–Crippen LogP) is 2.28.